The number of nitriles is 1. The van der Waals surface area contributed by atoms with Crippen LogP contribution in [0.2, 0.25) is 5.02 Å². The summed E-state index contributed by atoms with van der Waals surface area (Å²) in [6, 6.07) is 14.3. The molecule has 1 heterocycles. The fourth-order valence-corrected chi connectivity index (χ4v) is 2.63. The summed E-state index contributed by atoms with van der Waals surface area (Å²) in [5, 5.41) is 15.8. The first kappa shape index (κ1) is 18.3. The maximum Gasteiger partial charge on any atom is 0.229 e. The maximum absolute atomic E-state index is 9.20. The van der Waals surface area contributed by atoms with Crippen molar-refractivity contribution in [1.82, 2.24) is 9.97 Å². The molecule has 0 aliphatic heterocycles. The number of nitrogens with zero attached hydrogens (tertiary/aromatic N) is 3. The summed E-state index contributed by atoms with van der Waals surface area (Å²) in [7, 11) is 3.09. The summed E-state index contributed by atoms with van der Waals surface area (Å²) in [6.45, 7) is 0. The smallest absolute Gasteiger partial charge is 0.229 e. The number of hydrogen-bond acceptors (Lipinski definition) is 7. The van der Waals surface area contributed by atoms with Gasteiger partial charge in [0.15, 0.2) is 0 Å². The molecule has 3 rings (SSSR count). The summed E-state index contributed by atoms with van der Waals surface area (Å²) in [6.07, 6.45) is 1.60. The second kappa shape index (κ2) is 8.25. The van der Waals surface area contributed by atoms with Gasteiger partial charge in [-0.2, -0.15) is 10.2 Å². The molecule has 136 valence electrons. The molecule has 0 spiro atoms. The number of hydrogen-bond donors (Lipinski definition) is 2. The van der Waals surface area contributed by atoms with Crippen LogP contribution in [0.25, 0.3) is 0 Å². The average Bonchev–Trinajstić information content (AvgIpc) is 2.69. The molecule has 2 N–H and O–H groups in total. The Morgan fingerprint density at radius 2 is 1.78 bits per heavy atom. The van der Waals surface area contributed by atoms with Crippen LogP contribution < -0.4 is 20.1 Å². The summed E-state index contributed by atoms with van der Waals surface area (Å²) in [4.78, 5) is 8.61. The van der Waals surface area contributed by atoms with Crippen LogP contribution in [0.3, 0.4) is 0 Å². The number of benzene rings is 2. The molecule has 0 saturated carbocycles. The van der Waals surface area contributed by atoms with Crippen LogP contribution in [0.5, 0.6) is 11.5 Å². The number of anilines is 4. The van der Waals surface area contributed by atoms with Crippen molar-refractivity contribution in [2.45, 2.75) is 0 Å². The van der Waals surface area contributed by atoms with Crippen molar-refractivity contribution in [3.05, 3.63) is 59.2 Å². The Hall–Kier alpha value is -3.50. The molecule has 0 unspecified atom stereocenters. The summed E-state index contributed by atoms with van der Waals surface area (Å²) in [5.41, 5.74) is 1.77. The van der Waals surface area contributed by atoms with E-state index in [1.165, 1.54) is 7.11 Å². The number of halogens is 1. The molecular weight excluding hydrogens is 366 g/mol. The third kappa shape index (κ3) is 4.19. The molecule has 0 aliphatic rings. The summed E-state index contributed by atoms with van der Waals surface area (Å²) >= 11 is 6.13. The standard InChI is InChI=1S/C19H16ClN5O2/c1-26-16-10-15(17(27-2)9-13(16)20)23-18-7-8-22-19(25-18)24-14-6-4-3-5-12(14)11-21/h3-10H,1-2H3,(H2,22,23,24,25). The third-order valence-electron chi connectivity index (χ3n) is 3.69. The van der Waals surface area contributed by atoms with Crippen molar-refractivity contribution in [2.24, 2.45) is 0 Å². The lowest BCUT2D eigenvalue weighted by Gasteiger charge is -2.14. The summed E-state index contributed by atoms with van der Waals surface area (Å²) < 4.78 is 10.6. The first-order chi connectivity index (χ1) is 13.1. The van der Waals surface area contributed by atoms with Crippen LogP contribution in [0.4, 0.5) is 23.1 Å². The lowest BCUT2D eigenvalue weighted by Crippen LogP contribution is -2.02. The van der Waals surface area contributed by atoms with Gasteiger partial charge in [0.25, 0.3) is 0 Å². The predicted molar refractivity (Wildman–Crippen MR) is 104 cm³/mol. The quantitative estimate of drug-likeness (QED) is 0.649. The molecule has 7 nitrogen and oxygen atoms in total. The minimum Gasteiger partial charge on any atom is -0.495 e. The van der Waals surface area contributed by atoms with Crippen molar-refractivity contribution < 1.29 is 9.47 Å². The number of ether oxygens (including phenoxy) is 2. The van der Waals surface area contributed by atoms with Gasteiger partial charge >= 0.3 is 0 Å². The number of para-hydroxylation sites is 1. The van der Waals surface area contributed by atoms with Gasteiger partial charge in [-0.15, -0.1) is 0 Å². The summed E-state index contributed by atoms with van der Waals surface area (Å²) in [5.74, 6) is 1.94. The molecule has 1 aromatic heterocycles. The molecule has 27 heavy (non-hydrogen) atoms. The highest BCUT2D eigenvalue weighted by molar-refractivity contribution is 6.32. The topological polar surface area (TPSA) is 92.1 Å². The highest BCUT2D eigenvalue weighted by Crippen LogP contribution is 2.37. The number of nitrogens with one attached hydrogen (secondary N) is 2. The Morgan fingerprint density at radius 3 is 2.52 bits per heavy atom. The molecule has 0 fully saturated rings. The van der Waals surface area contributed by atoms with Gasteiger partial charge in [-0.05, 0) is 18.2 Å². The van der Waals surface area contributed by atoms with Gasteiger partial charge in [0.1, 0.15) is 23.4 Å². The van der Waals surface area contributed by atoms with E-state index in [4.69, 9.17) is 21.1 Å². The van der Waals surface area contributed by atoms with Crippen LogP contribution in [0, 0.1) is 11.3 Å². The second-order valence-electron chi connectivity index (χ2n) is 5.36. The largest absolute Gasteiger partial charge is 0.495 e. The molecule has 0 atom stereocenters. The first-order valence-corrected chi connectivity index (χ1v) is 8.30. The monoisotopic (exact) mass is 381 g/mol. The van der Waals surface area contributed by atoms with E-state index in [0.717, 1.165) is 0 Å². The minimum atomic E-state index is 0.350. The van der Waals surface area contributed by atoms with E-state index in [1.54, 1.807) is 49.7 Å². The fraction of sp³-hybridized carbons (Fsp3) is 0.105. The molecule has 0 aliphatic carbocycles. The second-order valence-corrected chi connectivity index (χ2v) is 5.77. The third-order valence-corrected chi connectivity index (χ3v) is 3.98. The van der Waals surface area contributed by atoms with Gasteiger partial charge in [0.2, 0.25) is 5.95 Å². The van der Waals surface area contributed by atoms with E-state index < -0.39 is 0 Å². The number of methoxy groups -OCH3 is 2. The van der Waals surface area contributed by atoms with E-state index in [-0.39, 0.29) is 0 Å². The van der Waals surface area contributed by atoms with Crippen LogP contribution in [-0.4, -0.2) is 24.2 Å². The van der Waals surface area contributed by atoms with Gasteiger partial charge < -0.3 is 20.1 Å². The number of aromatic nitrogens is 2. The van der Waals surface area contributed by atoms with E-state index >= 15 is 0 Å². The molecule has 3 aromatic rings. The molecule has 2 aromatic carbocycles. The van der Waals surface area contributed by atoms with Crippen molar-refractivity contribution in [1.29, 1.82) is 5.26 Å². The van der Waals surface area contributed by atoms with E-state index in [2.05, 4.69) is 26.7 Å². The van der Waals surface area contributed by atoms with Gasteiger partial charge in [-0.1, -0.05) is 23.7 Å². The zero-order valence-electron chi connectivity index (χ0n) is 14.7. The number of rotatable bonds is 6. The predicted octanol–water partition coefficient (Wildman–Crippen LogP) is 4.51. The lowest BCUT2D eigenvalue weighted by atomic mass is 10.2. The van der Waals surface area contributed by atoms with Crippen LogP contribution in [0.15, 0.2) is 48.7 Å². The van der Waals surface area contributed by atoms with Crippen molar-refractivity contribution in [3.63, 3.8) is 0 Å². The molecule has 0 bridgehead atoms. The molecule has 0 saturated heterocycles. The van der Waals surface area contributed by atoms with Crippen molar-refractivity contribution in [2.75, 3.05) is 24.9 Å². The van der Waals surface area contributed by atoms with Gasteiger partial charge in [0, 0.05) is 18.3 Å². The van der Waals surface area contributed by atoms with E-state index in [9.17, 15) is 5.26 Å². The Balaban J connectivity index is 1.88. The van der Waals surface area contributed by atoms with Gasteiger partial charge in [-0.3, -0.25) is 0 Å². The van der Waals surface area contributed by atoms with Gasteiger partial charge in [0.05, 0.1) is 36.2 Å². The van der Waals surface area contributed by atoms with Crippen molar-refractivity contribution >= 4 is 34.7 Å². The normalized spacial score (nSPS) is 10.0. The van der Waals surface area contributed by atoms with Crippen LogP contribution in [0.1, 0.15) is 5.56 Å². The zero-order chi connectivity index (χ0) is 19.2. The maximum atomic E-state index is 9.20. The first-order valence-electron chi connectivity index (χ1n) is 7.92. The zero-order valence-corrected chi connectivity index (χ0v) is 15.4. The van der Waals surface area contributed by atoms with Gasteiger partial charge in [-0.25, -0.2) is 4.98 Å². The highest BCUT2D eigenvalue weighted by atomic mass is 35.5. The molecule has 0 radical (unpaired) electrons. The lowest BCUT2D eigenvalue weighted by molar-refractivity contribution is 0.405. The highest BCUT2D eigenvalue weighted by Gasteiger charge is 2.11. The van der Waals surface area contributed by atoms with Crippen molar-refractivity contribution in [3.8, 4) is 17.6 Å². The van der Waals surface area contributed by atoms with Crippen LogP contribution in [-0.2, 0) is 0 Å². The van der Waals surface area contributed by atoms with E-state index in [1.807, 2.05) is 6.07 Å². The minimum absolute atomic E-state index is 0.350. The molecule has 0 amide bonds. The van der Waals surface area contributed by atoms with E-state index in [0.29, 0.717) is 45.2 Å². The Bertz CT molecular complexity index is 1000. The Kier molecular flexibility index (Phi) is 5.59. The molecular formula is C19H16ClN5O2. The molecule has 8 heteroatoms. The Morgan fingerprint density at radius 1 is 1.00 bits per heavy atom. The Labute approximate surface area is 161 Å². The fourth-order valence-electron chi connectivity index (χ4n) is 2.39. The SMILES string of the molecule is COc1cc(Nc2ccnc(Nc3ccccc3C#N)n2)c(OC)cc1Cl. The average molecular weight is 382 g/mol. The van der Waals surface area contributed by atoms with Crippen LogP contribution >= 0.6 is 11.6 Å².